The number of nitrogens with two attached hydrogens (primary N) is 2. The molecule has 0 radical (unpaired) electrons. The first-order valence-electron chi connectivity index (χ1n) is 8.18. The van der Waals surface area contributed by atoms with Crippen LogP contribution < -0.4 is 22.1 Å². The van der Waals surface area contributed by atoms with Gasteiger partial charge in [-0.1, -0.05) is 12.1 Å². The molecule has 3 rings (SSSR count). The predicted octanol–water partition coefficient (Wildman–Crippen LogP) is 1.98. The number of ether oxygens (including phenoxy) is 1. The largest absolute Gasteiger partial charge is 0.383 e. The van der Waals surface area contributed by atoms with Gasteiger partial charge in [0.25, 0.3) is 0 Å². The lowest BCUT2D eigenvalue weighted by Gasteiger charge is -2.29. The van der Waals surface area contributed by atoms with Crippen LogP contribution in [0.4, 0.5) is 10.1 Å². The zero-order chi connectivity index (χ0) is 16.4. The highest BCUT2D eigenvalue weighted by molar-refractivity contribution is 5.49. The number of benzene rings is 1. The molecular weight excluding hydrogens is 295 g/mol. The van der Waals surface area contributed by atoms with Crippen LogP contribution in [-0.4, -0.2) is 25.2 Å². The third-order valence-corrected chi connectivity index (χ3v) is 4.40. The molecular formula is C17H25FN4O. The lowest BCUT2D eigenvalue weighted by molar-refractivity contribution is -0.0287. The first-order valence-corrected chi connectivity index (χ1v) is 8.18. The van der Waals surface area contributed by atoms with E-state index < -0.39 is 11.9 Å². The van der Waals surface area contributed by atoms with Gasteiger partial charge in [-0.05, 0) is 43.4 Å². The van der Waals surface area contributed by atoms with Crippen molar-refractivity contribution < 1.29 is 9.13 Å². The molecule has 1 heterocycles. The first-order chi connectivity index (χ1) is 11.0. The molecule has 1 aliphatic heterocycles. The molecule has 0 amide bonds. The van der Waals surface area contributed by atoms with Crippen molar-refractivity contribution in [2.75, 3.05) is 18.4 Å². The maximum absolute atomic E-state index is 14.1. The van der Waals surface area contributed by atoms with Crippen LogP contribution >= 0.6 is 0 Å². The second-order valence-corrected chi connectivity index (χ2v) is 6.47. The quantitative estimate of drug-likeness (QED) is 0.667. The molecule has 2 aliphatic rings. The Labute approximate surface area is 136 Å². The van der Waals surface area contributed by atoms with Gasteiger partial charge in [0.1, 0.15) is 5.82 Å². The van der Waals surface area contributed by atoms with Crippen LogP contribution in [0.2, 0.25) is 0 Å². The van der Waals surface area contributed by atoms with E-state index in [2.05, 4.69) is 10.6 Å². The highest BCUT2D eigenvalue weighted by atomic mass is 19.1. The lowest BCUT2D eigenvalue weighted by atomic mass is 10.1. The molecule has 1 saturated heterocycles. The molecule has 3 atom stereocenters. The van der Waals surface area contributed by atoms with Crippen molar-refractivity contribution in [3.63, 3.8) is 0 Å². The van der Waals surface area contributed by atoms with Crippen molar-refractivity contribution in [2.45, 2.75) is 38.0 Å². The van der Waals surface area contributed by atoms with Crippen molar-refractivity contribution in [3.05, 3.63) is 41.5 Å². The summed E-state index contributed by atoms with van der Waals surface area (Å²) in [6.07, 6.45) is 2.19. The summed E-state index contributed by atoms with van der Waals surface area (Å²) in [5.41, 5.74) is 13.5. The normalized spacial score (nSPS) is 27.3. The Morgan fingerprint density at radius 2 is 2.00 bits per heavy atom. The summed E-state index contributed by atoms with van der Waals surface area (Å²) in [6, 6.07) is 7.10. The van der Waals surface area contributed by atoms with Crippen LogP contribution in [-0.2, 0) is 4.74 Å². The van der Waals surface area contributed by atoms with E-state index in [0.717, 1.165) is 37.2 Å². The molecule has 1 aromatic carbocycles. The summed E-state index contributed by atoms with van der Waals surface area (Å²) in [5, 5.41) is 6.23. The van der Waals surface area contributed by atoms with Gasteiger partial charge in [0.05, 0.1) is 18.2 Å². The van der Waals surface area contributed by atoms with E-state index in [1.54, 1.807) is 0 Å². The van der Waals surface area contributed by atoms with Gasteiger partial charge >= 0.3 is 0 Å². The molecule has 23 heavy (non-hydrogen) atoms. The predicted molar refractivity (Wildman–Crippen MR) is 89.2 cm³/mol. The van der Waals surface area contributed by atoms with E-state index in [-0.39, 0.29) is 23.9 Å². The lowest BCUT2D eigenvalue weighted by Crippen LogP contribution is -2.38. The van der Waals surface area contributed by atoms with Crippen molar-refractivity contribution in [2.24, 2.45) is 17.4 Å². The van der Waals surface area contributed by atoms with Gasteiger partial charge in [-0.25, -0.2) is 4.39 Å². The van der Waals surface area contributed by atoms with Crippen molar-refractivity contribution in [1.82, 2.24) is 5.32 Å². The number of nitrogens with one attached hydrogen (secondary N) is 2. The van der Waals surface area contributed by atoms with E-state index >= 15 is 0 Å². The second-order valence-electron chi connectivity index (χ2n) is 6.47. The third-order valence-electron chi connectivity index (χ3n) is 4.40. The number of hydrogen-bond acceptors (Lipinski definition) is 5. The molecule has 1 aliphatic carbocycles. The monoisotopic (exact) mass is 320 g/mol. The molecule has 126 valence electrons. The summed E-state index contributed by atoms with van der Waals surface area (Å²) < 4.78 is 20.0. The van der Waals surface area contributed by atoms with E-state index in [1.165, 1.54) is 0 Å². The molecule has 2 fully saturated rings. The maximum Gasteiger partial charge on any atom is 0.157 e. The fourth-order valence-electron chi connectivity index (χ4n) is 2.83. The third kappa shape index (κ3) is 4.02. The first kappa shape index (κ1) is 16.2. The molecule has 1 unspecified atom stereocenters. The van der Waals surface area contributed by atoms with E-state index in [1.807, 2.05) is 31.2 Å². The topological polar surface area (TPSA) is 85.3 Å². The Morgan fingerprint density at radius 1 is 1.30 bits per heavy atom. The summed E-state index contributed by atoms with van der Waals surface area (Å²) >= 11 is 0. The van der Waals surface area contributed by atoms with Gasteiger partial charge in [-0.2, -0.15) is 0 Å². The molecule has 5 nitrogen and oxygen atoms in total. The van der Waals surface area contributed by atoms with Gasteiger partial charge in [-0.3, -0.25) is 0 Å². The number of morpholine rings is 1. The minimum atomic E-state index is -0.593. The van der Waals surface area contributed by atoms with E-state index in [4.69, 9.17) is 16.2 Å². The summed E-state index contributed by atoms with van der Waals surface area (Å²) in [7, 11) is 0. The zero-order valence-corrected chi connectivity index (χ0v) is 13.4. The average molecular weight is 320 g/mol. The number of anilines is 1. The Hall–Kier alpha value is -1.63. The minimum Gasteiger partial charge on any atom is -0.383 e. The SMILES string of the molecule is C[C@@H]1CNC[C@H](c2ccc(N/C(N)=C(\F)C(N)C3CC3)cc2)O1. The van der Waals surface area contributed by atoms with Gasteiger partial charge in [0.15, 0.2) is 5.83 Å². The Balaban J connectivity index is 1.64. The van der Waals surface area contributed by atoms with Crippen LogP contribution in [0.15, 0.2) is 35.9 Å². The Morgan fingerprint density at radius 3 is 2.61 bits per heavy atom. The van der Waals surface area contributed by atoms with Crippen molar-refractivity contribution in [3.8, 4) is 0 Å². The van der Waals surface area contributed by atoms with Crippen LogP contribution in [0.1, 0.15) is 31.4 Å². The summed E-state index contributed by atoms with van der Waals surface area (Å²) in [4.78, 5) is 0. The Kier molecular flexibility index (Phi) is 4.84. The van der Waals surface area contributed by atoms with Crippen molar-refractivity contribution in [1.29, 1.82) is 0 Å². The fourth-order valence-corrected chi connectivity index (χ4v) is 2.83. The zero-order valence-electron chi connectivity index (χ0n) is 13.4. The molecule has 6 N–H and O–H groups in total. The van der Waals surface area contributed by atoms with Crippen molar-refractivity contribution >= 4 is 5.69 Å². The molecule has 1 saturated carbocycles. The van der Waals surface area contributed by atoms with Crippen LogP contribution in [0.3, 0.4) is 0 Å². The van der Waals surface area contributed by atoms with Gasteiger partial charge < -0.3 is 26.8 Å². The summed E-state index contributed by atoms with van der Waals surface area (Å²) in [6.45, 7) is 3.72. The highest BCUT2D eigenvalue weighted by Crippen LogP contribution is 2.35. The highest BCUT2D eigenvalue weighted by Gasteiger charge is 2.32. The molecule has 1 aromatic rings. The number of halogens is 1. The molecule has 0 spiro atoms. The van der Waals surface area contributed by atoms with Gasteiger partial charge in [-0.15, -0.1) is 0 Å². The Bertz CT molecular complexity index is 570. The smallest absolute Gasteiger partial charge is 0.157 e. The average Bonchev–Trinajstić information content (AvgIpc) is 3.39. The fraction of sp³-hybridized carbons (Fsp3) is 0.529. The van der Waals surface area contributed by atoms with E-state index in [9.17, 15) is 4.39 Å². The molecule has 0 bridgehead atoms. The van der Waals surface area contributed by atoms with Gasteiger partial charge in [0.2, 0.25) is 0 Å². The summed E-state index contributed by atoms with van der Waals surface area (Å²) in [5.74, 6) is -0.220. The standard InChI is InChI=1S/C17H25FN4O/c1-10-8-21-9-14(23-10)11-4-6-13(7-5-11)22-17(20)15(18)16(19)12-2-3-12/h4-7,10,12,14,16,21-22H,2-3,8-9,19-20H2,1H3/b17-15-/t10-,14-,16?/m1/s1. The molecule has 0 aromatic heterocycles. The number of hydrogen-bond donors (Lipinski definition) is 4. The van der Waals surface area contributed by atoms with Crippen LogP contribution in [0.5, 0.6) is 0 Å². The maximum atomic E-state index is 14.1. The van der Waals surface area contributed by atoms with Gasteiger partial charge in [0, 0.05) is 18.8 Å². The second kappa shape index (κ2) is 6.86. The molecule has 6 heteroatoms. The van der Waals surface area contributed by atoms with Crippen LogP contribution in [0, 0.1) is 5.92 Å². The number of rotatable bonds is 5. The minimum absolute atomic E-state index is 0.00125. The van der Waals surface area contributed by atoms with Crippen LogP contribution in [0.25, 0.3) is 0 Å². The van der Waals surface area contributed by atoms with E-state index in [0.29, 0.717) is 0 Å².